The molecule has 6 nitrogen and oxygen atoms in total. The Hall–Kier alpha value is -2.24. The molecular formula is C15H22O6. The summed E-state index contributed by atoms with van der Waals surface area (Å²) in [5.74, 6) is -1.12. The second kappa shape index (κ2) is 10.5. The van der Waals surface area contributed by atoms with Crippen molar-refractivity contribution < 1.29 is 28.9 Å². The van der Waals surface area contributed by atoms with Gasteiger partial charge in [-0.05, 0) is 12.1 Å². The lowest BCUT2D eigenvalue weighted by molar-refractivity contribution is -0.145. The topological polar surface area (TPSA) is 82.1 Å². The molecule has 0 amide bonds. The van der Waals surface area contributed by atoms with Gasteiger partial charge in [0.25, 0.3) is 0 Å². The van der Waals surface area contributed by atoms with Gasteiger partial charge in [0.05, 0.1) is 14.2 Å². The third-order valence-electron chi connectivity index (χ3n) is 2.39. The van der Waals surface area contributed by atoms with Crippen LogP contribution in [-0.4, -0.2) is 31.3 Å². The summed E-state index contributed by atoms with van der Waals surface area (Å²) in [6.45, 7) is 4.36. The molecule has 1 N–H and O–H groups in total. The fourth-order valence-corrected chi connectivity index (χ4v) is 1.14. The van der Waals surface area contributed by atoms with E-state index in [1.54, 1.807) is 6.07 Å². The molecular weight excluding hydrogens is 276 g/mol. The first-order chi connectivity index (χ1) is 9.98. The average molecular weight is 298 g/mol. The fourth-order valence-electron chi connectivity index (χ4n) is 1.14. The minimum absolute atomic E-state index is 0.152. The zero-order chi connectivity index (χ0) is 16.3. The van der Waals surface area contributed by atoms with Gasteiger partial charge in [-0.25, -0.2) is 0 Å². The van der Waals surface area contributed by atoms with E-state index in [4.69, 9.17) is 19.3 Å². The van der Waals surface area contributed by atoms with Gasteiger partial charge in [-0.15, -0.1) is 0 Å². The van der Waals surface area contributed by atoms with Crippen LogP contribution in [0.3, 0.4) is 0 Å². The normalized spacial score (nSPS) is 9.14. The Bertz CT molecular complexity index is 453. The van der Waals surface area contributed by atoms with Crippen molar-refractivity contribution in [2.75, 3.05) is 14.2 Å². The van der Waals surface area contributed by atoms with Gasteiger partial charge in [0.2, 0.25) is 0 Å². The second-order valence-corrected chi connectivity index (χ2v) is 4.06. The number of carbonyl (C=O) groups is 2. The lowest BCUT2D eigenvalue weighted by Crippen LogP contribution is -2.13. The van der Waals surface area contributed by atoms with Gasteiger partial charge in [-0.1, -0.05) is 26.7 Å². The summed E-state index contributed by atoms with van der Waals surface area (Å²) in [6, 6.07) is 4.58. The van der Waals surface area contributed by atoms with Crippen molar-refractivity contribution in [2.45, 2.75) is 33.1 Å². The zero-order valence-electron chi connectivity index (χ0n) is 12.8. The van der Waals surface area contributed by atoms with E-state index >= 15 is 0 Å². The van der Waals surface area contributed by atoms with Crippen molar-refractivity contribution in [1.82, 2.24) is 0 Å². The predicted molar refractivity (Wildman–Crippen MR) is 78.0 cm³/mol. The van der Waals surface area contributed by atoms with Crippen LogP contribution in [-0.2, 0) is 9.59 Å². The Morgan fingerprint density at radius 2 is 1.67 bits per heavy atom. The minimum atomic E-state index is -1.25. The molecule has 0 aliphatic carbocycles. The Balaban J connectivity index is 0.000000885. The monoisotopic (exact) mass is 298 g/mol. The SMILES string of the molecule is CCCC.COc1ccc(OC(=O)CC(=O)O)c(OC)c1. The molecule has 0 saturated heterocycles. The van der Waals surface area contributed by atoms with Crippen LogP contribution in [0, 0.1) is 0 Å². The van der Waals surface area contributed by atoms with Crippen molar-refractivity contribution in [3.63, 3.8) is 0 Å². The molecule has 1 rings (SSSR count). The van der Waals surface area contributed by atoms with E-state index < -0.39 is 18.4 Å². The van der Waals surface area contributed by atoms with Crippen LogP contribution < -0.4 is 14.2 Å². The quantitative estimate of drug-likeness (QED) is 0.494. The van der Waals surface area contributed by atoms with E-state index in [1.807, 2.05) is 0 Å². The van der Waals surface area contributed by atoms with Crippen LogP contribution in [0.2, 0.25) is 0 Å². The van der Waals surface area contributed by atoms with Gasteiger partial charge in [-0.2, -0.15) is 0 Å². The van der Waals surface area contributed by atoms with E-state index in [9.17, 15) is 9.59 Å². The molecule has 1 aromatic rings. The third kappa shape index (κ3) is 7.81. The molecule has 0 spiro atoms. The Kier molecular flexibility index (Phi) is 9.41. The Labute approximate surface area is 124 Å². The highest BCUT2D eigenvalue weighted by atomic mass is 16.6. The number of methoxy groups -OCH3 is 2. The summed E-state index contributed by atoms with van der Waals surface area (Å²) >= 11 is 0. The van der Waals surface area contributed by atoms with Crippen LogP contribution in [0.5, 0.6) is 17.2 Å². The molecule has 0 aromatic heterocycles. The Morgan fingerprint density at radius 1 is 1.05 bits per heavy atom. The van der Waals surface area contributed by atoms with E-state index in [0.29, 0.717) is 11.5 Å². The van der Waals surface area contributed by atoms with Gasteiger partial charge < -0.3 is 19.3 Å². The van der Waals surface area contributed by atoms with Crippen molar-refractivity contribution in [2.24, 2.45) is 0 Å². The number of carbonyl (C=O) groups excluding carboxylic acids is 1. The maximum absolute atomic E-state index is 11.2. The van der Waals surface area contributed by atoms with Crippen molar-refractivity contribution in [3.8, 4) is 17.2 Å². The van der Waals surface area contributed by atoms with Gasteiger partial charge in [0.15, 0.2) is 11.5 Å². The van der Waals surface area contributed by atoms with E-state index in [2.05, 4.69) is 13.8 Å². The molecule has 6 heteroatoms. The summed E-state index contributed by atoms with van der Waals surface area (Å²) in [4.78, 5) is 21.5. The number of carboxylic acid groups (broad SMARTS) is 1. The van der Waals surface area contributed by atoms with E-state index in [-0.39, 0.29) is 5.75 Å². The van der Waals surface area contributed by atoms with E-state index in [1.165, 1.54) is 39.2 Å². The molecule has 21 heavy (non-hydrogen) atoms. The molecule has 0 fully saturated rings. The molecule has 0 aliphatic rings. The summed E-state index contributed by atoms with van der Waals surface area (Å²) < 4.78 is 14.8. The highest BCUT2D eigenvalue weighted by Gasteiger charge is 2.13. The van der Waals surface area contributed by atoms with Gasteiger partial charge >= 0.3 is 11.9 Å². The fraction of sp³-hybridized carbons (Fsp3) is 0.467. The summed E-state index contributed by atoms with van der Waals surface area (Å²) in [5.41, 5.74) is 0. The van der Waals surface area contributed by atoms with Crippen LogP contribution in [0.1, 0.15) is 33.1 Å². The number of rotatable bonds is 6. The number of unbranched alkanes of at least 4 members (excludes halogenated alkanes) is 1. The minimum Gasteiger partial charge on any atom is -0.497 e. The van der Waals surface area contributed by atoms with E-state index in [0.717, 1.165) is 0 Å². The van der Waals surface area contributed by atoms with Crippen molar-refractivity contribution in [1.29, 1.82) is 0 Å². The van der Waals surface area contributed by atoms with Gasteiger partial charge in [-0.3, -0.25) is 9.59 Å². The average Bonchev–Trinajstić information content (AvgIpc) is 2.47. The molecule has 1 aromatic carbocycles. The molecule has 118 valence electrons. The number of esters is 1. The van der Waals surface area contributed by atoms with Crippen molar-refractivity contribution >= 4 is 11.9 Å². The van der Waals surface area contributed by atoms with Crippen LogP contribution in [0.25, 0.3) is 0 Å². The molecule has 0 heterocycles. The first-order valence-corrected chi connectivity index (χ1v) is 6.62. The zero-order valence-corrected chi connectivity index (χ0v) is 12.8. The first kappa shape index (κ1) is 18.8. The highest BCUT2D eigenvalue weighted by molar-refractivity contribution is 5.91. The number of hydrogen-bond acceptors (Lipinski definition) is 5. The molecule has 0 atom stereocenters. The van der Waals surface area contributed by atoms with Gasteiger partial charge in [0.1, 0.15) is 12.2 Å². The molecule has 0 aliphatic heterocycles. The predicted octanol–water partition coefficient (Wildman–Crippen LogP) is 2.89. The first-order valence-electron chi connectivity index (χ1n) is 6.62. The number of aliphatic carboxylic acids is 1. The lowest BCUT2D eigenvalue weighted by atomic mass is 10.3. The Morgan fingerprint density at radius 3 is 2.10 bits per heavy atom. The van der Waals surface area contributed by atoms with Crippen LogP contribution >= 0.6 is 0 Å². The molecule has 0 saturated carbocycles. The highest BCUT2D eigenvalue weighted by Crippen LogP contribution is 2.31. The summed E-state index contributed by atoms with van der Waals surface area (Å²) in [7, 11) is 2.90. The number of ether oxygens (including phenoxy) is 3. The summed E-state index contributed by atoms with van der Waals surface area (Å²) in [6.07, 6.45) is 1.94. The van der Waals surface area contributed by atoms with Crippen LogP contribution in [0.15, 0.2) is 18.2 Å². The van der Waals surface area contributed by atoms with Crippen LogP contribution in [0.4, 0.5) is 0 Å². The maximum Gasteiger partial charge on any atom is 0.322 e. The molecule has 0 unspecified atom stereocenters. The molecule has 0 radical (unpaired) electrons. The smallest absolute Gasteiger partial charge is 0.322 e. The standard InChI is InChI=1S/C11H12O6.C4H10/c1-15-7-3-4-8(9(5-7)16-2)17-11(14)6-10(12)13;1-3-4-2/h3-5H,6H2,1-2H3,(H,12,13);3-4H2,1-2H3. The number of carboxylic acids is 1. The molecule has 0 bridgehead atoms. The second-order valence-electron chi connectivity index (χ2n) is 4.06. The largest absolute Gasteiger partial charge is 0.497 e. The third-order valence-corrected chi connectivity index (χ3v) is 2.39. The van der Waals surface area contributed by atoms with Gasteiger partial charge in [0, 0.05) is 6.07 Å². The van der Waals surface area contributed by atoms with Crippen molar-refractivity contribution in [3.05, 3.63) is 18.2 Å². The number of benzene rings is 1. The summed E-state index contributed by atoms with van der Waals surface area (Å²) in [5, 5.41) is 8.42. The lowest BCUT2D eigenvalue weighted by Gasteiger charge is -2.09. The maximum atomic E-state index is 11.2. The number of hydrogen-bond donors (Lipinski definition) is 1.